The summed E-state index contributed by atoms with van der Waals surface area (Å²) in [6.07, 6.45) is 2.41. The number of hydrogen-bond donors (Lipinski definition) is 1. The average Bonchev–Trinajstić information content (AvgIpc) is 2.87. The van der Waals surface area contributed by atoms with Gasteiger partial charge in [-0.2, -0.15) is 0 Å². The van der Waals surface area contributed by atoms with Gasteiger partial charge in [-0.25, -0.2) is 0 Å². The third-order valence-corrected chi connectivity index (χ3v) is 3.14. The van der Waals surface area contributed by atoms with E-state index in [4.69, 9.17) is 4.74 Å². The third kappa shape index (κ3) is 1.73. The molecule has 3 nitrogen and oxygen atoms in total. The van der Waals surface area contributed by atoms with Crippen molar-refractivity contribution in [3.8, 4) is 0 Å². The molecule has 0 bridgehead atoms. The van der Waals surface area contributed by atoms with Gasteiger partial charge in [0.2, 0.25) is 0 Å². The summed E-state index contributed by atoms with van der Waals surface area (Å²) in [6, 6.07) is 0.628. The van der Waals surface area contributed by atoms with E-state index in [1.54, 1.807) is 0 Å². The Labute approximate surface area is 80.4 Å². The fraction of sp³-hybridized carbons (Fsp3) is 1.00. The van der Waals surface area contributed by atoms with E-state index in [0.717, 1.165) is 26.2 Å². The van der Waals surface area contributed by atoms with Gasteiger partial charge in [-0.15, -0.1) is 0 Å². The predicted octanol–water partition coefficient (Wildman–Crippen LogP) is 0.807. The van der Waals surface area contributed by atoms with Crippen molar-refractivity contribution in [1.29, 1.82) is 0 Å². The zero-order chi connectivity index (χ0) is 9.31. The summed E-state index contributed by atoms with van der Waals surface area (Å²) < 4.78 is 5.64. The first-order valence-electron chi connectivity index (χ1n) is 5.40. The van der Waals surface area contributed by atoms with Gasteiger partial charge < -0.3 is 10.1 Å². The molecule has 0 radical (unpaired) electrons. The molecule has 2 atom stereocenters. The van der Waals surface area contributed by atoms with Crippen molar-refractivity contribution in [2.24, 2.45) is 0 Å². The van der Waals surface area contributed by atoms with Crippen LogP contribution in [0.15, 0.2) is 0 Å². The quantitative estimate of drug-likeness (QED) is 0.658. The molecular weight excluding hydrogens is 164 g/mol. The molecule has 76 valence electrons. The molecule has 0 saturated carbocycles. The smallest absolute Gasteiger partial charge is 0.145 e. The summed E-state index contributed by atoms with van der Waals surface area (Å²) in [5, 5.41) is 3.41. The van der Waals surface area contributed by atoms with Crippen LogP contribution in [0, 0.1) is 0 Å². The van der Waals surface area contributed by atoms with Crippen molar-refractivity contribution in [2.75, 3.05) is 26.2 Å². The van der Waals surface area contributed by atoms with E-state index in [1.807, 2.05) is 0 Å². The fourth-order valence-electron chi connectivity index (χ4n) is 2.37. The lowest BCUT2D eigenvalue weighted by atomic mass is 10.1. The van der Waals surface area contributed by atoms with E-state index in [9.17, 15) is 0 Å². The molecule has 0 amide bonds. The summed E-state index contributed by atoms with van der Waals surface area (Å²) >= 11 is 0. The second kappa shape index (κ2) is 3.56. The third-order valence-electron chi connectivity index (χ3n) is 3.14. The van der Waals surface area contributed by atoms with Crippen molar-refractivity contribution in [1.82, 2.24) is 10.2 Å². The molecule has 0 aliphatic carbocycles. The van der Waals surface area contributed by atoms with Gasteiger partial charge in [0, 0.05) is 25.7 Å². The minimum Gasteiger partial charge on any atom is -0.353 e. The number of nitrogens with zero attached hydrogens (tertiary/aromatic N) is 1. The van der Waals surface area contributed by atoms with Gasteiger partial charge in [0.25, 0.3) is 0 Å². The monoisotopic (exact) mass is 184 g/mol. The maximum Gasteiger partial charge on any atom is 0.145 e. The van der Waals surface area contributed by atoms with Crippen LogP contribution in [0.1, 0.15) is 26.7 Å². The molecule has 2 aliphatic rings. The van der Waals surface area contributed by atoms with Crippen molar-refractivity contribution in [2.45, 2.75) is 38.5 Å². The van der Waals surface area contributed by atoms with Crippen LogP contribution >= 0.6 is 0 Å². The molecule has 2 heterocycles. The molecule has 1 N–H and O–H groups in total. The topological polar surface area (TPSA) is 27.8 Å². The van der Waals surface area contributed by atoms with Crippen molar-refractivity contribution in [3.05, 3.63) is 0 Å². The minimum atomic E-state index is 0.135. The molecule has 0 aromatic rings. The molecule has 2 fully saturated rings. The first kappa shape index (κ1) is 9.44. The molecule has 2 aliphatic heterocycles. The van der Waals surface area contributed by atoms with Gasteiger partial charge in [-0.3, -0.25) is 4.90 Å². The Morgan fingerprint density at radius 1 is 1.62 bits per heavy atom. The number of rotatable bonds is 3. The summed E-state index contributed by atoms with van der Waals surface area (Å²) in [5.41, 5.74) is 0.135. The first-order valence-corrected chi connectivity index (χ1v) is 5.40. The molecule has 3 heteroatoms. The molecule has 0 spiro atoms. The maximum atomic E-state index is 5.64. The van der Waals surface area contributed by atoms with Crippen LogP contribution < -0.4 is 5.32 Å². The number of nitrogens with one attached hydrogen (secondary N) is 1. The molecule has 0 aromatic heterocycles. The van der Waals surface area contributed by atoms with E-state index in [-0.39, 0.29) is 5.72 Å². The van der Waals surface area contributed by atoms with Gasteiger partial charge in [-0.1, -0.05) is 13.3 Å². The highest BCUT2D eigenvalue weighted by Crippen LogP contribution is 2.37. The second-order valence-corrected chi connectivity index (χ2v) is 4.23. The maximum absolute atomic E-state index is 5.64. The number of epoxide rings is 1. The Balaban J connectivity index is 1.97. The normalized spacial score (nSPS) is 40.6. The fourth-order valence-corrected chi connectivity index (χ4v) is 2.37. The Bertz CT molecular complexity index is 180. The highest BCUT2D eigenvalue weighted by molar-refractivity contribution is 4.96. The standard InChI is InChI=1S/C10H20N2O/c1-3-4-10(8-13-10)12-6-5-11-7-9(12)2/h9,11H,3-8H2,1-2H3/t9-,10?/m0/s1. The zero-order valence-electron chi connectivity index (χ0n) is 8.68. The van der Waals surface area contributed by atoms with Gasteiger partial charge in [0.1, 0.15) is 5.72 Å². The highest BCUT2D eigenvalue weighted by atomic mass is 16.6. The van der Waals surface area contributed by atoms with Crippen LogP contribution in [0.4, 0.5) is 0 Å². The highest BCUT2D eigenvalue weighted by Gasteiger charge is 2.51. The summed E-state index contributed by atoms with van der Waals surface area (Å²) in [5.74, 6) is 0. The van der Waals surface area contributed by atoms with Gasteiger partial charge in [0.05, 0.1) is 6.61 Å². The zero-order valence-corrected chi connectivity index (χ0v) is 8.68. The van der Waals surface area contributed by atoms with E-state index in [2.05, 4.69) is 24.1 Å². The molecule has 2 saturated heterocycles. The Hall–Kier alpha value is -0.120. The van der Waals surface area contributed by atoms with Crippen LogP contribution in [0.2, 0.25) is 0 Å². The summed E-state index contributed by atoms with van der Waals surface area (Å²) in [7, 11) is 0. The van der Waals surface area contributed by atoms with E-state index >= 15 is 0 Å². The van der Waals surface area contributed by atoms with E-state index < -0.39 is 0 Å². The number of hydrogen-bond acceptors (Lipinski definition) is 3. The SMILES string of the molecule is CCCC1(N2CCNC[C@@H]2C)CO1. The van der Waals surface area contributed by atoms with Crippen LogP contribution in [0.5, 0.6) is 0 Å². The lowest BCUT2D eigenvalue weighted by Crippen LogP contribution is -2.55. The van der Waals surface area contributed by atoms with Crippen molar-refractivity contribution in [3.63, 3.8) is 0 Å². The van der Waals surface area contributed by atoms with Gasteiger partial charge in [0.15, 0.2) is 0 Å². The molecule has 13 heavy (non-hydrogen) atoms. The van der Waals surface area contributed by atoms with Crippen LogP contribution in [0.3, 0.4) is 0 Å². The van der Waals surface area contributed by atoms with E-state index in [1.165, 1.54) is 12.8 Å². The lowest BCUT2D eigenvalue weighted by Gasteiger charge is -2.38. The Kier molecular flexibility index (Phi) is 2.58. The number of piperazine rings is 1. The van der Waals surface area contributed by atoms with E-state index in [0.29, 0.717) is 6.04 Å². The largest absolute Gasteiger partial charge is 0.353 e. The Morgan fingerprint density at radius 3 is 2.92 bits per heavy atom. The molecular formula is C10H20N2O. The predicted molar refractivity (Wildman–Crippen MR) is 52.6 cm³/mol. The second-order valence-electron chi connectivity index (χ2n) is 4.23. The van der Waals surface area contributed by atoms with Crippen molar-refractivity contribution < 1.29 is 4.74 Å². The Morgan fingerprint density at radius 2 is 2.38 bits per heavy atom. The molecule has 0 aromatic carbocycles. The first-order chi connectivity index (χ1) is 6.28. The van der Waals surface area contributed by atoms with Crippen LogP contribution in [-0.2, 0) is 4.74 Å². The van der Waals surface area contributed by atoms with Gasteiger partial charge in [-0.05, 0) is 13.3 Å². The lowest BCUT2D eigenvalue weighted by molar-refractivity contribution is 0.0225. The number of ether oxygens (including phenoxy) is 1. The minimum absolute atomic E-state index is 0.135. The molecule has 2 rings (SSSR count). The summed E-state index contributed by atoms with van der Waals surface area (Å²) in [4.78, 5) is 2.53. The van der Waals surface area contributed by atoms with Crippen LogP contribution in [-0.4, -0.2) is 42.9 Å². The van der Waals surface area contributed by atoms with Gasteiger partial charge >= 0.3 is 0 Å². The average molecular weight is 184 g/mol. The van der Waals surface area contributed by atoms with Crippen LogP contribution in [0.25, 0.3) is 0 Å². The summed E-state index contributed by atoms with van der Waals surface area (Å²) in [6.45, 7) is 8.82. The molecule has 1 unspecified atom stereocenters. The van der Waals surface area contributed by atoms with Crippen molar-refractivity contribution >= 4 is 0 Å².